The van der Waals surface area contributed by atoms with Crippen molar-refractivity contribution in [3.8, 4) is 0 Å². The summed E-state index contributed by atoms with van der Waals surface area (Å²) in [5.41, 5.74) is 0.846. The lowest BCUT2D eigenvalue weighted by atomic mass is 9.82. The van der Waals surface area contributed by atoms with Crippen LogP contribution in [0.2, 0.25) is 0 Å². The van der Waals surface area contributed by atoms with Gasteiger partial charge in [-0.3, -0.25) is 9.53 Å². The number of benzene rings is 1. The van der Waals surface area contributed by atoms with Gasteiger partial charge in [-0.15, -0.1) is 13.2 Å². The fourth-order valence-electron chi connectivity index (χ4n) is 1.89. The first-order chi connectivity index (χ1) is 8.94. The van der Waals surface area contributed by atoms with Crippen molar-refractivity contribution in [1.82, 2.24) is 0 Å². The number of alkyl halides is 3. The molecule has 2 rings (SSSR count). The molecule has 0 bridgehead atoms. The molecule has 1 aliphatic carbocycles. The maximum atomic E-state index is 11.9. The van der Waals surface area contributed by atoms with E-state index in [1.54, 1.807) is 0 Å². The average molecular weight is 274 g/mol. The van der Waals surface area contributed by atoms with Crippen LogP contribution in [0.5, 0.6) is 0 Å². The molecule has 0 aliphatic heterocycles. The molecule has 0 aromatic heterocycles. The van der Waals surface area contributed by atoms with E-state index in [4.69, 9.17) is 4.74 Å². The normalized spacial score (nSPS) is 22.7. The first-order valence-electron chi connectivity index (χ1n) is 5.89. The second-order valence-corrected chi connectivity index (χ2v) is 4.45. The fourth-order valence-corrected chi connectivity index (χ4v) is 1.89. The van der Waals surface area contributed by atoms with Gasteiger partial charge >= 0.3 is 12.3 Å². The Bertz CT molecular complexity index is 425. The number of hydrogen-bond acceptors (Lipinski definition) is 3. The summed E-state index contributed by atoms with van der Waals surface area (Å²) in [6.07, 6.45) is -5.43. The van der Waals surface area contributed by atoms with Crippen LogP contribution in [0.25, 0.3) is 0 Å². The molecule has 1 aromatic rings. The van der Waals surface area contributed by atoms with Gasteiger partial charge in [-0.2, -0.15) is 0 Å². The van der Waals surface area contributed by atoms with E-state index in [1.165, 1.54) is 0 Å². The highest BCUT2D eigenvalue weighted by Crippen LogP contribution is 2.35. The average Bonchev–Trinajstić information content (AvgIpc) is 2.30. The zero-order chi connectivity index (χ0) is 13.9. The molecule has 0 radical (unpaired) electrons. The number of halogens is 3. The van der Waals surface area contributed by atoms with Crippen molar-refractivity contribution in [2.75, 3.05) is 0 Å². The molecule has 0 saturated heterocycles. The van der Waals surface area contributed by atoms with Gasteiger partial charge in [0.25, 0.3) is 0 Å². The summed E-state index contributed by atoms with van der Waals surface area (Å²) < 4.78 is 44.5. The maximum absolute atomic E-state index is 11.9. The monoisotopic (exact) mass is 274 g/mol. The van der Waals surface area contributed by atoms with Gasteiger partial charge in [0.15, 0.2) is 0 Å². The van der Waals surface area contributed by atoms with Crippen LogP contribution < -0.4 is 0 Å². The van der Waals surface area contributed by atoms with E-state index in [0.29, 0.717) is 0 Å². The molecule has 6 heteroatoms. The summed E-state index contributed by atoms with van der Waals surface area (Å²) in [5.74, 6) is -0.957. The van der Waals surface area contributed by atoms with Crippen LogP contribution in [0.15, 0.2) is 30.3 Å². The largest absolute Gasteiger partial charge is 0.522 e. The summed E-state index contributed by atoms with van der Waals surface area (Å²) in [7, 11) is 0. The number of hydrogen-bond donors (Lipinski definition) is 0. The smallest absolute Gasteiger partial charge is 0.461 e. The van der Waals surface area contributed by atoms with Crippen molar-refractivity contribution >= 4 is 5.97 Å². The summed E-state index contributed by atoms with van der Waals surface area (Å²) in [6, 6.07) is 9.10. The van der Waals surface area contributed by atoms with E-state index < -0.39 is 24.4 Å². The van der Waals surface area contributed by atoms with E-state index in [9.17, 15) is 18.0 Å². The van der Waals surface area contributed by atoms with Gasteiger partial charge in [0.1, 0.15) is 6.61 Å². The Kier molecular flexibility index (Phi) is 4.09. The molecule has 1 aliphatic rings. The number of carbonyl (C=O) groups is 1. The van der Waals surface area contributed by atoms with Crippen molar-refractivity contribution < 1.29 is 27.4 Å². The van der Waals surface area contributed by atoms with Crippen molar-refractivity contribution in [3.63, 3.8) is 0 Å². The van der Waals surface area contributed by atoms with Gasteiger partial charge in [-0.25, -0.2) is 0 Å². The van der Waals surface area contributed by atoms with Crippen molar-refractivity contribution in [2.45, 2.75) is 31.9 Å². The van der Waals surface area contributed by atoms with Crippen LogP contribution in [-0.4, -0.2) is 18.4 Å². The Morgan fingerprint density at radius 1 is 1.21 bits per heavy atom. The Morgan fingerprint density at radius 2 is 1.84 bits per heavy atom. The third-order valence-electron chi connectivity index (χ3n) is 2.95. The van der Waals surface area contributed by atoms with Crippen LogP contribution >= 0.6 is 0 Å². The standard InChI is InChI=1S/C13H13F3O3/c14-13(15,16)19-11-6-10(7-11)12(17)18-8-9-4-2-1-3-5-9/h1-5,10-11H,6-8H2. The molecule has 0 spiro atoms. The first kappa shape index (κ1) is 13.9. The van der Waals surface area contributed by atoms with Crippen LogP contribution in [0.1, 0.15) is 18.4 Å². The first-order valence-corrected chi connectivity index (χ1v) is 5.89. The molecule has 104 valence electrons. The molecule has 0 N–H and O–H groups in total. The molecule has 1 fully saturated rings. The second kappa shape index (κ2) is 5.61. The SMILES string of the molecule is O=C(OCc1ccccc1)C1CC(OC(F)(F)F)C1. The number of rotatable bonds is 4. The molecular weight excluding hydrogens is 261 g/mol. The lowest BCUT2D eigenvalue weighted by molar-refractivity contribution is -0.353. The zero-order valence-electron chi connectivity index (χ0n) is 10.0. The number of carbonyl (C=O) groups excluding carboxylic acids is 1. The lowest BCUT2D eigenvalue weighted by Gasteiger charge is -2.33. The minimum Gasteiger partial charge on any atom is -0.461 e. The van der Waals surface area contributed by atoms with Gasteiger partial charge < -0.3 is 4.74 Å². The fraction of sp³-hybridized carbons (Fsp3) is 0.462. The molecule has 1 saturated carbocycles. The van der Waals surface area contributed by atoms with Crippen LogP contribution in [0, 0.1) is 5.92 Å². The lowest BCUT2D eigenvalue weighted by Crippen LogP contribution is -2.40. The molecular formula is C13H13F3O3. The Balaban J connectivity index is 1.69. The molecule has 0 heterocycles. The Hall–Kier alpha value is -1.56. The summed E-state index contributed by atoms with van der Waals surface area (Å²) in [6.45, 7) is 0.140. The predicted octanol–water partition coefficient (Wildman–Crippen LogP) is 3.04. The third-order valence-corrected chi connectivity index (χ3v) is 2.95. The highest BCUT2D eigenvalue weighted by Gasteiger charge is 2.43. The van der Waals surface area contributed by atoms with E-state index in [0.717, 1.165) is 5.56 Å². The van der Waals surface area contributed by atoms with Crippen LogP contribution in [0.4, 0.5) is 13.2 Å². The van der Waals surface area contributed by atoms with Gasteiger partial charge in [-0.1, -0.05) is 30.3 Å². The summed E-state index contributed by atoms with van der Waals surface area (Å²) in [5, 5.41) is 0. The highest BCUT2D eigenvalue weighted by atomic mass is 19.4. The van der Waals surface area contributed by atoms with Crippen molar-refractivity contribution in [3.05, 3.63) is 35.9 Å². The summed E-state index contributed by atoms with van der Waals surface area (Å²) in [4.78, 5) is 11.6. The van der Waals surface area contributed by atoms with E-state index in [1.807, 2.05) is 30.3 Å². The molecule has 19 heavy (non-hydrogen) atoms. The van der Waals surface area contributed by atoms with Crippen molar-refractivity contribution in [1.29, 1.82) is 0 Å². The summed E-state index contributed by atoms with van der Waals surface area (Å²) >= 11 is 0. The Labute approximate surface area is 108 Å². The number of esters is 1. The molecule has 0 amide bonds. The number of ether oxygens (including phenoxy) is 2. The topological polar surface area (TPSA) is 35.5 Å². The predicted molar refractivity (Wildman–Crippen MR) is 59.9 cm³/mol. The van der Waals surface area contributed by atoms with Crippen LogP contribution in [-0.2, 0) is 20.9 Å². The van der Waals surface area contributed by atoms with Crippen molar-refractivity contribution in [2.24, 2.45) is 5.92 Å². The van der Waals surface area contributed by atoms with Gasteiger partial charge in [0.05, 0.1) is 12.0 Å². The van der Waals surface area contributed by atoms with Gasteiger partial charge in [-0.05, 0) is 18.4 Å². The zero-order valence-corrected chi connectivity index (χ0v) is 10.0. The van der Waals surface area contributed by atoms with Gasteiger partial charge in [0, 0.05) is 0 Å². The molecule has 3 nitrogen and oxygen atoms in total. The van der Waals surface area contributed by atoms with E-state index in [-0.39, 0.29) is 19.4 Å². The minimum absolute atomic E-state index is 0.0626. The molecule has 0 atom stereocenters. The van der Waals surface area contributed by atoms with Crippen LogP contribution in [0.3, 0.4) is 0 Å². The van der Waals surface area contributed by atoms with E-state index >= 15 is 0 Å². The maximum Gasteiger partial charge on any atom is 0.522 e. The minimum atomic E-state index is -4.64. The highest BCUT2D eigenvalue weighted by molar-refractivity contribution is 5.73. The third kappa shape index (κ3) is 4.24. The van der Waals surface area contributed by atoms with E-state index in [2.05, 4.69) is 4.74 Å². The molecule has 1 aromatic carbocycles. The van der Waals surface area contributed by atoms with Gasteiger partial charge in [0.2, 0.25) is 0 Å². The quantitative estimate of drug-likeness (QED) is 0.792. The second-order valence-electron chi connectivity index (χ2n) is 4.45. The Morgan fingerprint density at radius 3 is 2.42 bits per heavy atom. The molecule has 0 unspecified atom stereocenters.